The number of anilines is 1. The van der Waals surface area contributed by atoms with E-state index in [0.29, 0.717) is 35.8 Å². The van der Waals surface area contributed by atoms with Crippen molar-refractivity contribution in [3.63, 3.8) is 0 Å². The molecule has 30 heavy (non-hydrogen) atoms. The first-order chi connectivity index (χ1) is 14.2. The average molecular weight is 453 g/mol. The third-order valence-electron chi connectivity index (χ3n) is 4.32. The minimum atomic E-state index is -3.76. The molecule has 0 saturated heterocycles. The number of ether oxygens (including phenoxy) is 2. The molecule has 0 spiro atoms. The van der Waals surface area contributed by atoms with Crippen LogP contribution in [-0.2, 0) is 14.8 Å². The number of methoxy groups -OCH3 is 2. The number of hydrogen-bond donors (Lipinski definition) is 1. The van der Waals surface area contributed by atoms with Crippen LogP contribution in [0.1, 0.15) is 19.4 Å². The highest BCUT2D eigenvalue weighted by atomic mass is 35.5. The normalized spacial score (nSPS) is 11.7. The fourth-order valence-corrected chi connectivity index (χ4v) is 4.72. The third-order valence-corrected chi connectivity index (χ3v) is 6.85. The van der Waals surface area contributed by atoms with Crippen LogP contribution in [0, 0.1) is 0 Å². The Kier molecular flexibility index (Phi) is 8.28. The molecule has 2 rings (SSSR count). The third kappa shape index (κ3) is 5.75. The molecule has 0 aliphatic heterocycles. The minimum absolute atomic E-state index is 0.0489. The van der Waals surface area contributed by atoms with Crippen LogP contribution in [0.5, 0.6) is 11.5 Å². The van der Waals surface area contributed by atoms with E-state index in [1.165, 1.54) is 22.5 Å². The van der Waals surface area contributed by atoms with E-state index in [0.717, 1.165) is 0 Å². The molecule has 0 aliphatic rings. The Morgan fingerprint density at radius 2 is 1.67 bits per heavy atom. The number of benzene rings is 2. The Morgan fingerprint density at radius 1 is 1.07 bits per heavy atom. The molecule has 1 amide bonds. The SMILES string of the molecule is CCN(CC)S(=O)(=O)c1cc(NC(=O)C=Cc2cc(OC)cc(OC)c2)ccc1Cl. The number of nitrogens with zero attached hydrogens (tertiary/aromatic N) is 1. The molecule has 0 fully saturated rings. The average Bonchev–Trinajstić information content (AvgIpc) is 2.73. The number of hydrogen-bond acceptors (Lipinski definition) is 5. The van der Waals surface area contributed by atoms with Crippen molar-refractivity contribution in [2.75, 3.05) is 32.6 Å². The summed E-state index contributed by atoms with van der Waals surface area (Å²) >= 11 is 6.12. The molecule has 7 nitrogen and oxygen atoms in total. The van der Waals surface area contributed by atoms with Crippen LogP contribution in [-0.4, -0.2) is 45.9 Å². The quantitative estimate of drug-likeness (QED) is 0.580. The van der Waals surface area contributed by atoms with Crippen molar-refractivity contribution >= 4 is 39.3 Å². The Morgan fingerprint density at radius 3 is 2.20 bits per heavy atom. The summed E-state index contributed by atoms with van der Waals surface area (Å²) in [5, 5.41) is 2.75. The van der Waals surface area contributed by atoms with Crippen LogP contribution in [0.4, 0.5) is 5.69 Å². The van der Waals surface area contributed by atoms with Crippen molar-refractivity contribution in [3.8, 4) is 11.5 Å². The number of halogens is 1. The van der Waals surface area contributed by atoms with E-state index in [-0.39, 0.29) is 9.92 Å². The van der Waals surface area contributed by atoms with Gasteiger partial charge in [0.15, 0.2) is 0 Å². The van der Waals surface area contributed by atoms with E-state index >= 15 is 0 Å². The molecular formula is C21H25ClN2O5S. The highest BCUT2D eigenvalue weighted by Gasteiger charge is 2.24. The smallest absolute Gasteiger partial charge is 0.248 e. The van der Waals surface area contributed by atoms with E-state index in [1.54, 1.807) is 58.4 Å². The lowest BCUT2D eigenvalue weighted by Crippen LogP contribution is -2.30. The topological polar surface area (TPSA) is 84.9 Å². The Labute approximate surface area is 182 Å². The van der Waals surface area contributed by atoms with E-state index in [1.807, 2.05) is 0 Å². The fourth-order valence-electron chi connectivity index (χ4n) is 2.76. The van der Waals surface area contributed by atoms with Gasteiger partial charge in [0.25, 0.3) is 0 Å². The molecule has 0 aromatic heterocycles. The van der Waals surface area contributed by atoms with E-state index < -0.39 is 15.9 Å². The van der Waals surface area contributed by atoms with Gasteiger partial charge in [-0.05, 0) is 42.0 Å². The van der Waals surface area contributed by atoms with Crippen molar-refractivity contribution < 1.29 is 22.7 Å². The molecule has 1 N–H and O–H groups in total. The standard InChI is InChI=1S/C21H25ClN2O5S/c1-5-24(6-2)30(26,27)20-13-16(8-9-19(20)22)23-21(25)10-7-15-11-17(28-3)14-18(12-15)29-4/h7-14H,5-6H2,1-4H3,(H,23,25). The predicted molar refractivity (Wildman–Crippen MR) is 119 cm³/mol. The number of carbonyl (C=O) groups excluding carboxylic acids is 1. The molecule has 9 heteroatoms. The summed E-state index contributed by atoms with van der Waals surface area (Å²) in [4.78, 5) is 12.3. The number of carbonyl (C=O) groups is 1. The van der Waals surface area contributed by atoms with Gasteiger partial charge in [-0.1, -0.05) is 25.4 Å². The first-order valence-corrected chi connectivity index (χ1v) is 11.1. The van der Waals surface area contributed by atoms with Crippen LogP contribution < -0.4 is 14.8 Å². The lowest BCUT2D eigenvalue weighted by Gasteiger charge is -2.19. The molecule has 0 saturated carbocycles. The lowest BCUT2D eigenvalue weighted by molar-refractivity contribution is -0.111. The lowest BCUT2D eigenvalue weighted by atomic mass is 10.2. The van der Waals surface area contributed by atoms with Crippen molar-refractivity contribution in [2.45, 2.75) is 18.7 Å². The second-order valence-corrected chi connectivity index (χ2v) is 8.52. The summed E-state index contributed by atoms with van der Waals surface area (Å²) in [6.07, 6.45) is 2.94. The van der Waals surface area contributed by atoms with Gasteiger partial charge in [0.2, 0.25) is 15.9 Å². The molecule has 0 atom stereocenters. The Hall–Kier alpha value is -2.55. The molecule has 162 valence electrons. The van der Waals surface area contributed by atoms with Gasteiger partial charge in [-0.15, -0.1) is 0 Å². The van der Waals surface area contributed by atoms with Crippen molar-refractivity contribution in [1.82, 2.24) is 4.31 Å². The van der Waals surface area contributed by atoms with Crippen molar-refractivity contribution in [2.24, 2.45) is 0 Å². The minimum Gasteiger partial charge on any atom is -0.497 e. The van der Waals surface area contributed by atoms with Crippen LogP contribution >= 0.6 is 11.6 Å². The van der Waals surface area contributed by atoms with E-state index in [2.05, 4.69) is 5.32 Å². The highest BCUT2D eigenvalue weighted by Crippen LogP contribution is 2.28. The van der Waals surface area contributed by atoms with Gasteiger partial charge in [-0.3, -0.25) is 4.79 Å². The van der Waals surface area contributed by atoms with Gasteiger partial charge < -0.3 is 14.8 Å². The van der Waals surface area contributed by atoms with Gasteiger partial charge in [0, 0.05) is 30.9 Å². The summed E-state index contributed by atoms with van der Waals surface area (Å²) in [6.45, 7) is 4.13. The van der Waals surface area contributed by atoms with Crippen molar-refractivity contribution in [1.29, 1.82) is 0 Å². The zero-order chi connectivity index (χ0) is 22.3. The fraction of sp³-hybridized carbons (Fsp3) is 0.286. The van der Waals surface area contributed by atoms with Gasteiger partial charge in [0.1, 0.15) is 16.4 Å². The second kappa shape index (κ2) is 10.5. The summed E-state index contributed by atoms with van der Waals surface area (Å²) < 4.78 is 37.3. The van der Waals surface area contributed by atoms with Crippen molar-refractivity contribution in [3.05, 3.63) is 53.1 Å². The molecule has 0 radical (unpaired) electrons. The molecule has 2 aromatic rings. The summed E-state index contributed by atoms with van der Waals surface area (Å²) in [7, 11) is -0.674. The van der Waals surface area contributed by atoms with Crippen LogP contribution in [0.25, 0.3) is 6.08 Å². The summed E-state index contributed by atoms with van der Waals surface area (Å²) in [6, 6.07) is 9.58. The molecule has 0 aliphatic carbocycles. The Bertz CT molecular complexity index is 1010. The van der Waals surface area contributed by atoms with Gasteiger partial charge in [-0.25, -0.2) is 8.42 Å². The summed E-state index contributed by atoms with van der Waals surface area (Å²) in [5.74, 6) is 0.766. The summed E-state index contributed by atoms with van der Waals surface area (Å²) in [5.41, 5.74) is 1.03. The first-order valence-electron chi connectivity index (χ1n) is 9.27. The number of rotatable bonds is 9. The van der Waals surface area contributed by atoms with Crippen LogP contribution in [0.15, 0.2) is 47.4 Å². The number of nitrogens with one attached hydrogen (secondary N) is 1. The molecule has 0 bridgehead atoms. The maximum Gasteiger partial charge on any atom is 0.248 e. The van der Waals surface area contributed by atoms with Crippen LogP contribution in [0.2, 0.25) is 5.02 Å². The predicted octanol–water partition coefficient (Wildman–Crippen LogP) is 4.04. The van der Waals surface area contributed by atoms with Gasteiger partial charge in [-0.2, -0.15) is 4.31 Å². The zero-order valence-corrected chi connectivity index (χ0v) is 18.9. The first kappa shape index (κ1) is 23.7. The largest absolute Gasteiger partial charge is 0.497 e. The maximum absolute atomic E-state index is 12.8. The van der Waals surface area contributed by atoms with Gasteiger partial charge in [0.05, 0.1) is 19.2 Å². The van der Waals surface area contributed by atoms with E-state index in [4.69, 9.17) is 21.1 Å². The van der Waals surface area contributed by atoms with E-state index in [9.17, 15) is 13.2 Å². The molecule has 0 heterocycles. The molecule has 2 aromatic carbocycles. The Balaban J connectivity index is 2.23. The molecular weight excluding hydrogens is 428 g/mol. The second-order valence-electron chi connectivity index (χ2n) is 6.20. The monoisotopic (exact) mass is 452 g/mol. The molecule has 0 unspecified atom stereocenters. The van der Waals surface area contributed by atoms with Gasteiger partial charge >= 0.3 is 0 Å². The zero-order valence-electron chi connectivity index (χ0n) is 17.3. The number of amides is 1. The maximum atomic E-state index is 12.8. The highest BCUT2D eigenvalue weighted by molar-refractivity contribution is 7.89. The van der Waals surface area contributed by atoms with Crippen LogP contribution in [0.3, 0.4) is 0 Å². The number of sulfonamides is 1.